The van der Waals surface area contributed by atoms with Gasteiger partial charge in [-0.2, -0.15) is 0 Å². The maximum Gasteiger partial charge on any atom is 0.326 e. The molecule has 0 saturated carbocycles. The molecule has 0 unspecified atom stereocenters. The Bertz CT molecular complexity index is 559. The predicted octanol–water partition coefficient (Wildman–Crippen LogP) is 0.454. The van der Waals surface area contributed by atoms with E-state index in [0.29, 0.717) is 11.4 Å². The molecule has 8 heteroatoms. The van der Waals surface area contributed by atoms with Gasteiger partial charge >= 0.3 is 12.0 Å². The Labute approximate surface area is 121 Å². The molecule has 0 spiro atoms. The number of methoxy groups -OCH3 is 1. The number of nitrogens with two attached hydrogens (primary N) is 1. The molecule has 0 aliphatic heterocycles. The molecule has 1 aromatic rings. The Morgan fingerprint density at radius 1 is 1.38 bits per heavy atom. The minimum absolute atomic E-state index is 0.387. The van der Waals surface area contributed by atoms with Gasteiger partial charge in [-0.05, 0) is 24.6 Å². The molecule has 5 N–H and O–H groups in total. The summed E-state index contributed by atoms with van der Waals surface area (Å²) in [6, 6.07) is 2.98. The Morgan fingerprint density at radius 2 is 2.05 bits per heavy atom. The van der Waals surface area contributed by atoms with Crippen LogP contribution >= 0.6 is 0 Å². The largest absolute Gasteiger partial charge is 0.495 e. The van der Waals surface area contributed by atoms with E-state index in [-0.39, 0.29) is 0 Å². The molecule has 8 nitrogen and oxygen atoms in total. The van der Waals surface area contributed by atoms with Crippen LogP contribution < -0.4 is 21.1 Å². The maximum absolute atomic E-state index is 11.8. The van der Waals surface area contributed by atoms with Gasteiger partial charge in [-0.3, -0.25) is 4.79 Å². The highest BCUT2D eigenvalue weighted by molar-refractivity contribution is 5.94. The molecular formula is C13H17N3O5. The van der Waals surface area contributed by atoms with Gasteiger partial charge in [0.1, 0.15) is 11.8 Å². The fraction of sp³-hybridized carbons (Fsp3) is 0.308. The molecule has 3 amide bonds. The van der Waals surface area contributed by atoms with Crippen molar-refractivity contribution in [3.63, 3.8) is 0 Å². The van der Waals surface area contributed by atoms with Crippen LogP contribution in [0, 0.1) is 6.92 Å². The first-order valence-electron chi connectivity index (χ1n) is 6.06. The van der Waals surface area contributed by atoms with E-state index in [9.17, 15) is 14.4 Å². The SMILES string of the molecule is COc1ccc(C)cc1NC(=O)N[C@H](CC(N)=O)C(=O)O. The summed E-state index contributed by atoms with van der Waals surface area (Å²) in [5.74, 6) is -1.74. The molecule has 21 heavy (non-hydrogen) atoms. The summed E-state index contributed by atoms with van der Waals surface area (Å²) < 4.78 is 5.09. The number of hydrogen-bond acceptors (Lipinski definition) is 4. The van der Waals surface area contributed by atoms with Crippen molar-refractivity contribution in [1.82, 2.24) is 5.32 Å². The first-order chi connectivity index (χ1) is 9.83. The lowest BCUT2D eigenvalue weighted by molar-refractivity contribution is -0.140. The van der Waals surface area contributed by atoms with Crippen LogP contribution in [0.5, 0.6) is 5.75 Å². The highest BCUT2D eigenvalue weighted by Gasteiger charge is 2.22. The van der Waals surface area contributed by atoms with Crippen LogP contribution in [0.15, 0.2) is 18.2 Å². The van der Waals surface area contributed by atoms with Crippen LogP contribution in [0.3, 0.4) is 0 Å². The van der Waals surface area contributed by atoms with E-state index in [2.05, 4.69) is 10.6 Å². The minimum atomic E-state index is -1.39. The minimum Gasteiger partial charge on any atom is -0.495 e. The number of carboxylic acid groups (broad SMARTS) is 1. The zero-order valence-corrected chi connectivity index (χ0v) is 11.7. The number of aryl methyl sites for hydroxylation is 1. The number of nitrogens with one attached hydrogen (secondary N) is 2. The van der Waals surface area contributed by atoms with Gasteiger partial charge in [0.25, 0.3) is 0 Å². The number of carboxylic acids is 1. The van der Waals surface area contributed by atoms with Gasteiger partial charge in [-0.15, -0.1) is 0 Å². The number of aliphatic carboxylic acids is 1. The third kappa shape index (κ3) is 5.01. The van der Waals surface area contributed by atoms with Crippen molar-refractivity contribution in [3.8, 4) is 5.75 Å². The Hall–Kier alpha value is -2.77. The summed E-state index contributed by atoms with van der Waals surface area (Å²) in [6.45, 7) is 1.83. The topological polar surface area (TPSA) is 131 Å². The van der Waals surface area contributed by atoms with Crippen molar-refractivity contribution < 1.29 is 24.2 Å². The number of rotatable bonds is 6. The van der Waals surface area contributed by atoms with E-state index in [1.54, 1.807) is 18.2 Å². The van der Waals surface area contributed by atoms with Crippen molar-refractivity contribution in [1.29, 1.82) is 0 Å². The van der Waals surface area contributed by atoms with Crippen LogP contribution in [0.4, 0.5) is 10.5 Å². The Morgan fingerprint density at radius 3 is 2.57 bits per heavy atom. The third-order valence-corrected chi connectivity index (χ3v) is 2.61. The van der Waals surface area contributed by atoms with Gasteiger partial charge in [0, 0.05) is 0 Å². The molecule has 0 aromatic heterocycles. The quantitative estimate of drug-likeness (QED) is 0.605. The van der Waals surface area contributed by atoms with Gasteiger partial charge in [0.05, 0.1) is 19.2 Å². The lowest BCUT2D eigenvalue weighted by Crippen LogP contribution is -2.45. The van der Waals surface area contributed by atoms with Crippen molar-refractivity contribution in [3.05, 3.63) is 23.8 Å². The van der Waals surface area contributed by atoms with Crippen molar-refractivity contribution in [2.75, 3.05) is 12.4 Å². The zero-order valence-electron chi connectivity index (χ0n) is 11.7. The second kappa shape index (κ2) is 7.13. The molecule has 1 atom stereocenters. The molecule has 0 aliphatic rings. The summed E-state index contributed by atoms with van der Waals surface area (Å²) in [5.41, 5.74) is 6.21. The van der Waals surface area contributed by atoms with E-state index >= 15 is 0 Å². The average molecular weight is 295 g/mol. The smallest absolute Gasteiger partial charge is 0.326 e. The standard InChI is InChI=1S/C13H17N3O5/c1-7-3-4-10(21-2)8(5-7)15-13(20)16-9(12(18)19)6-11(14)17/h3-5,9H,6H2,1-2H3,(H2,14,17)(H,18,19)(H2,15,16,20)/t9-/m1/s1. The number of carbonyl (C=O) groups excluding carboxylic acids is 2. The molecule has 1 rings (SSSR count). The van der Waals surface area contributed by atoms with Crippen LogP contribution in [0.1, 0.15) is 12.0 Å². The molecular weight excluding hydrogens is 278 g/mol. The second-order valence-electron chi connectivity index (χ2n) is 4.36. The fourth-order valence-electron chi connectivity index (χ4n) is 1.64. The molecule has 0 fully saturated rings. The molecule has 114 valence electrons. The second-order valence-corrected chi connectivity index (χ2v) is 4.36. The van der Waals surface area contributed by atoms with E-state index in [1.807, 2.05) is 6.92 Å². The lowest BCUT2D eigenvalue weighted by atomic mass is 10.2. The molecule has 0 heterocycles. The summed E-state index contributed by atoms with van der Waals surface area (Å²) >= 11 is 0. The van der Waals surface area contributed by atoms with Crippen molar-refractivity contribution >= 4 is 23.6 Å². The Balaban J connectivity index is 2.78. The number of carbonyl (C=O) groups is 3. The fourth-order valence-corrected chi connectivity index (χ4v) is 1.64. The van der Waals surface area contributed by atoms with Gasteiger partial charge in [0.2, 0.25) is 5.91 Å². The van der Waals surface area contributed by atoms with Gasteiger partial charge in [-0.1, -0.05) is 6.07 Å². The molecule has 1 aromatic carbocycles. The van der Waals surface area contributed by atoms with Crippen molar-refractivity contribution in [2.24, 2.45) is 5.73 Å². The van der Waals surface area contributed by atoms with Crippen LogP contribution in [0.25, 0.3) is 0 Å². The number of ether oxygens (including phenoxy) is 1. The number of amides is 3. The van der Waals surface area contributed by atoms with Gasteiger partial charge < -0.3 is 26.2 Å². The summed E-state index contributed by atoms with van der Waals surface area (Å²) in [6.07, 6.45) is -0.492. The van der Waals surface area contributed by atoms with Crippen LogP contribution in [0.2, 0.25) is 0 Å². The first kappa shape index (κ1) is 16.3. The summed E-state index contributed by atoms with van der Waals surface area (Å²) in [7, 11) is 1.45. The number of benzene rings is 1. The highest BCUT2D eigenvalue weighted by atomic mass is 16.5. The van der Waals surface area contributed by atoms with E-state index in [0.717, 1.165) is 5.56 Å². The Kier molecular flexibility index (Phi) is 5.53. The number of hydrogen-bond donors (Lipinski definition) is 4. The molecule has 0 aliphatic carbocycles. The maximum atomic E-state index is 11.8. The number of urea groups is 1. The average Bonchev–Trinajstić information content (AvgIpc) is 2.37. The monoisotopic (exact) mass is 295 g/mol. The van der Waals surface area contributed by atoms with Gasteiger partial charge in [-0.25, -0.2) is 9.59 Å². The predicted molar refractivity (Wildman–Crippen MR) is 75.1 cm³/mol. The van der Waals surface area contributed by atoms with E-state index in [4.69, 9.17) is 15.6 Å². The normalized spacial score (nSPS) is 11.3. The van der Waals surface area contributed by atoms with Crippen LogP contribution in [-0.2, 0) is 9.59 Å². The lowest BCUT2D eigenvalue weighted by Gasteiger charge is -2.15. The summed E-state index contributed by atoms with van der Waals surface area (Å²) in [4.78, 5) is 33.5. The van der Waals surface area contributed by atoms with Crippen molar-refractivity contribution in [2.45, 2.75) is 19.4 Å². The first-order valence-corrected chi connectivity index (χ1v) is 6.06. The number of anilines is 1. The van der Waals surface area contributed by atoms with E-state index < -0.39 is 30.4 Å². The third-order valence-electron chi connectivity index (χ3n) is 2.61. The molecule has 0 saturated heterocycles. The number of primary amides is 1. The van der Waals surface area contributed by atoms with Gasteiger partial charge in [0.15, 0.2) is 0 Å². The highest BCUT2D eigenvalue weighted by Crippen LogP contribution is 2.24. The molecule has 0 bridgehead atoms. The zero-order chi connectivity index (χ0) is 16.0. The van der Waals surface area contributed by atoms with Crippen LogP contribution in [-0.4, -0.2) is 36.2 Å². The molecule has 0 radical (unpaired) electrons. The van der Waals surface area contributed by atoms with E-state index in [1.165, 1.54) is 7.11 Å². The summed E-state index contributed by atoms with van der Waals surface area (Å²) in [5, 5.41) is 13.5.